The van der Waals surface area contributed by atoms with E-state index >= 15 is 0 Å². The summed E-state index contributed by atoms with van der Waals surface area (Å²) in [4.78, 5) is 0. The monoisotopic (exact) mass is 382 g/mol. The summed E-state index contributed by atoms with van der Waals surface area (Å²) >= 11 is 0. The van der Waals surface area contributed by atoms with Crippen LogP contribution in [-0.2, 0) is 0 Å². The lowest BCUT2D eigenvalue weighted by molar-refractivity contribution is -0.762. The molecule has 146 valence electrons. The molecular weight excluding hydrogens is 354 g/mol. The van der Waals surface area contributed by atoms with Gasteiger partial charge in [-0.1, -0.05) is 105 Å². The van der Waals surface area contributed by atoms with E-state index < -0.39 is 5.60 Å². The molecule has 1 aliphatic heterocycles. The molecule has 0 saturated carbocycles. The van der Waals surface area contributed by atoms with Crippen LogP contribution in [0.5, 0.6) is 0 Å². The number of hydrogen-bond acceptors (Lipinski definition) is 1. The first-order chi connectivity index (χ1) is 14.1. The van der Waals surface area contributed by atoms with E-state index in [1.807, 2.05) is 42.5 Å². The summed E-state index contributed by atoms with van der Waals surface area (Å²) in [6, 6.07) is 31.2. The Labute approximate surface area is 173 Å². The second kappa shape index (κ2) is 8.25. The van der Waals surface area contributed by atoms with Crippen LogP contribution in [-0.4, -0.2) is 10.7 Å². The lowest BCUT2D eigenvalue weighted by Crippen LogP contribution is -2.93. The zero-order valence-corrected chi connectivity index (χ0v) is 17.0. The zero-order valence-electron chi connectivity index (χ0n) is 17.0. The molecule has 0 amide bonds. The Hall–Kier alpha value is -2.86. The molecule has 2 heteroatoms. The van der Waals surface area contributed by atoms with E-state index in [-0.39, 0.29) is 23.9 Å². The maximum absolute atomic E-state index is 11.9. The molecule has 3 aromatic carbocycles. The molecule has 1 aliphatic rings. The second-order valence-corrected chi connectivity index (χ2v) is 8.08. The number of hydrogen-bond donors (Lipinski definition) is 2. The fourth-order valence-corrected chi connectivity index (χ4v) is 4.59. The van der Waals surface area contributed by atoms with Gasteiger partial charge < -0.3 is 10.4 Å². The first-order valence-electron chi connectivity index (χ1n) is 10.3. The minimum absolute atomic E-state index is 0.0175. The molecule has 0 bridgehead atoms. The number of nitrogens with two attached hydrogens (primary N) is 1. The molecule has 2 nitrogen and oxygen atoms in total. The maximum atomic E-state index is 11.9. The Morgan fingerprint density at radius 3 is 1.55 bits per heavy atom. The molecule has 0 radical (unpaired) electrons. The molecule has 0 aromatic heterocycles. The highest BCUT2D eigenvalue weighted by atomic mass is 16.3. The van der Waals surface area contributed by atoms with E-state index in [0.717, 1.165) is 5.56 Å². The molecule has 5 atom stereocenters. The zero-order chi connectivity index (χ0) is 20.3. The Kier molecular flexibility index (Phi) is 5.53. The van der Waals surface area contributed by atoms with Crippen LogP contribution in [0, 0.1) is 23.7 Å². The van der Waals surface area contributed by atoms with E-state index in [1.54, 1.807) is 0 Å². The predicted molar refractivity (Wildman–Crippen MR) is 117 cm³/mol. The van der Waals surface area contributed by atoms with Crippen molar-refractivity contribution in [1.82, 2.24) is 0 Å². The molecule has 1 heterocycles. The molecule has 1 unspecified atom stereocenters. The highest BCUT2D eigenvalue weighted by Crippen LogP contribution is 2.42. The van der Waals surface area contributed by atoms with E-state index in [4.69, 9.17) is 0 Å². The van der Waals surface area contributed by atoms with Gasteiger partial charge in [-0.3, -0.25) is 0 Å². The summed E-state index contributed by atoms with van der Waals surface area (Å²) in [5.74, 6) is 6.51. The molecular formula is C27H28NO+. The summed E-state index contributed by atoms with van der Waals surface area (Å²) in [7, 11) is 0. The fourth-order valence-electron chi connectivity index (χ4n) is 4.59. The summed E-state index contributed by atoms with van der Waals surface area (Å²) < 4.78 is 0. The maximum Gasteiger partial charge on any atom is 0.142 e. The molecule has 3 N–H and O–H groups in total. The topological polar surface area (TPSA) is 36.8 Å². The average molecular weight is 383 g/mol. The van der Waals surface area contributed by atoms with Crippen molar-refractivity contribution in [1.29, 1.82) is 0 Å². The van der Waals surface area contributed by atoms with Crippen molar-refractivity contribution < 1.29 is 10.4 Å². The fraction of sp³-hybridized carbons (Fsp3) is 0.259. The van der Waals surface area contributed by atoms with Gasteiger partial charge in [0.05, 0.1) is 11.8 Å². The van der Waals surface area contributed by atoms with Crippen molar-refractivity contribution in [3.05, 3.63) is 108 Å². The minimum Gasteiger partial charge on any atom is -0.376 e. The molecule has 1 saturated heterocycles. The third-order valence-electron chi connectivity index (χ3n) is 6.43. The Bertz CT molecular complexity index is 937. The van der Waals surface area contributed by atoms with Crippen LogP contribution in [0.4, 0.5) is 0 Å². The van der Waals surface area contributed by atoms with Gasteiger partial charge in [0.15, 0.2) is 0 Å². The lowest BCUT2D eigenvalue weighted by Gasteiger charge is -2.46. The van der Waals surface area contributed by atoms with Crippen LogP contribution in [0.3, 0.4) is 0 Å². The lowest BCUT2D eigenvalue weighted by atomic mass is 9.66. The number of rotatable bonds is 2. The highest BCUT2D eigenvalue weighted by Gasteiger charge is 2.53. The Morgan fingerprint density at radius 1 is 0.690 bits per heavy atom. The van der Waals surface area contributed by atoms with Crippen LogP contribution in [0.1, 0.15) is 42.6 Å². The van der Waals surface area contributed by atoms with Gasteiger partial charge in [-0.25, -0.2) is 0 Å². The van der Waals surface area contributed by atoms with Gasteiger partial charge in [-0.15, -0.1) is 0 Å². The van der Waals surface area contributed by atoms with Gasteiger partial charge in [0, 0.05) is 16.7 Å². The quantitative estimate of drug-likeness (QED) is 0.643. The second-order valence-electron chi connectivity index (χ2n) is 8.08. The van der Waals surface area contributed by atoms with Gasteiger partial charge >= 0.3 is 0 Å². The van der Waals surface area contributed by atoms with Gasteiger partial charge in [-0.05, 0) is 12.1 Å². The predicted octanol–water partition coefficient (Wildman–Crippen LogP) is 4.10. The summed E-state index contributed by atoms with van der Waals surface area (Å²) in [6.45, 7) is 4.26. The average Bonchev–Trinajstić information content (AvgIpc) is 2.78. The van der Waals surface area contributed by atoms with Gasteiger partial charge in [0.25, 0.3) is 0 Å². The highest BCUT2D eigenvalue weighted by molar-refractivity contribution is 5.38. The molecule has 0 aliphatic carbocycles. The molecule has 29 heavy (non-hydrogen) atoms. The molecule has 0 spiro atoms. The van der Waals surface area contributed by atoms with Crippen molar-refractivity contribution in [3.63, 3.8) is 0 Å². The van der Waals surface area contributed by atoms with E-state index in [2.05, 4.69) is 79.5 Å². The molecule has 3 aromatic rings. The van der Waals surface area contributed by atoms with Crippen molar-refractivity contribution in [2.24, 2.45) is 11.8 Å². The summed E-state index contributed by atoms with van der Waals surface area (Å²) in [5.41, 5.74) is 2.30. The van der Waals surface area contributed by atoms with Crippen LogP contribution in [0.15, 0.2) is 91.0 Å². The van der Waals surface area contributed by atoms with Crippen LogP contribution in [0.25, 0.3) is 0 Å². The normalized spacial score (nSPS) is 28.9. The number of benzene rings is 3. The standard InChI is InChI=1S/C27H27NO/c1-20-25(23-14-8-4-9-15-23)28-26(24-16-10-5-11-17-24)21(2)27(20,29)19-18-22-12-6-3-7-13-22/h3-17,20-21,25-26,28-29H,1-2H3/p+1/t20-,21-,25-,26+,27?/m0/s1. The van der Waals surface area contributed by atoms with Crippen molar-refractivity contribution >= 4 is 0 Å². The first-order valence-corrected chi connectivity index (χ1v) is 10.3. The first kappa shape index (κ1) is 19.5. The number of aliphatic hydroxyl groups is 1. The van der Waals surface area contributed by atoms with Crippen molar-refractivity contribution in [2.75, 3.05) is 0 Å². The van der Waals surface area contributed by atoms with Crippen LogP contribution >= 0.6 is 0 Å². The SMILES string of the molecule is C[C@H]1[C@@H](c2ccccc2)[NH2+][C@@H](c2ccccc2)[C@H](C)C1(O)C#Cc1ccccc1. The Morgan fingerprint density at radius 2 is 1.10 bits per heavy atom. The third kappa shape index (κ3) is 3.85. The number of quaternary nitrogens is 1. The smallest absolute Gasteiger partial charge is 0.142 e. The minimum atomic E-state index is -1.09. The van der Waals surface area contributed by atoms with E-state index in [1.165, 1.54) is 11.1 Å². The summed E-state index contributed by atoms with van der Waals surface area (Å²) in [5, 5.41) is 14.4. The van der Waals surface area contributed by atoms with Crippen LogP contribution in [0.2, 0.25) is 0 Å². The van der Waals surface area contributed by atoms with E-state index in [9.17, 15) is 5.11 Å². The van der Waals surface area contributed by atoms with Crippen molar-refractivity contribution in [3.8, 4) is 11.8 Å². The van der Waals surface area contributed by atoms with Crippen LogP contribution < -0.4 is 5.32 Å². The van der Waals surface area contributed by atoms with Crippen molar-refractivity contribution in [2.45, 2.75) is 31.5 Å². The van der Waals surface area contributed by atoms with Gasteiger partial charge in [0.2, 0.25) is 0 Å². The van der Waals surface area contributed by atoms with Gasteiger partial charge in [-0.2, -0.15) is 0 Å². The third-order valence-corrected chi connectivity index (χ3v) is 6.43. The number of piperidine rings is 1. The summed E-state index contributed by atoms with van der Waals surface area (Å²) in [6.07, 6.45) is 0. The molecule has 1 fully saturated rings. The van der Waals surface area contributed by atoms with E-state index in [0.29, 0.717) is 0 Å². The Balaban J connectivity index is 1.78. The molecule has 4 rings (SSSR count). The van der Waals surface area contributed by atoms with Gasteiger partial charge in [0.1, 0.15) is 17.7 Å². The largest absolute Gasteiger partial charge is 0.376 e.